The second-order valence-electron chi connectivity index (χ2n) is 7.01. The number of aliphatic imine (C=N–C) groups is 1. The van der Waals surface area contributed by atoms with E-state index in [0.717, 1.165) is 61.7 Å². The first kappa shape index (κ1) is 19.9. The topological polar surface area (TPSA) is 70.8 Å². The van der Waals surface area contributed by atoms with Gasteiger partial charge in [-0.1, -0.05) is 19.4 Å². The van der Waals surface area contributed by atoms with Crippen LogP contribution in [0.4, 0.5) is 0 Å². The molecular formula is C20H31N5OS. The molecule has 2 aromatic heterocycles. The molecule has 3 unspecified atom stereocenters. The molecule has 27 heavy (non-hydrogen) atoms. The van der Waals surface area contributed by atoms with Gasteiger partial charge in [0, 0.05) is 59.7 Å². The lowest BCUT2D eigenvalue weighted by Gasteiger charge is -2.30. The van der Waals surface area contributed by atoms with Crippen LogP contribution in [-0.2, 0) is 17.2 Å². The highest BCUT2D eigenvalue weighted by Gasteiger charge is 2.25. The van der Waals surface area contributed by atoms with Gasteiger partial charge in [0.05, 0.1) is 5.69 Å². The Labute approximate surface area is 164 Å². The molecule has 0 bridgehead atoms. The highest BCUT2D eigenvalue weighted by atomic mass is 32.2. The van der Waals surface area contributed by atoms with E-state index in [-0.39, 0.29) is 0 Å². The number of rotatable bonds is 7. The Morgan fingerprint density at radius 2 is 2.26 bits per heavy atom. The van der Waals surface area contributed by atoms with Gasteiger partial charge in [-0.3, -0.25) is 9.20 Å². The van der Waals surface area contributed by atoms with Crippen molar-refractivity contribution in [2.24, 2.45) is 4.99 Å². The van der Waals surface area contributed by atoms with Crippen LogP contribution in [0.2, 0.25) is 0 Å². The quantitative estimate of drug-likeness (QED) is 0.564. The van der Waals surface area contributed by atoms with Gasteiger partial charge in [0.25, 0.3) is 0 Å². The van der Waals surface area contributed by atoms with Crippen molar-refractivity contribution < 1.29 is 4.21 Å². The number of fused-ring (bicyclic) bond motifs is 1. The van der Waals surface area contributed by atoms with E-state index in [4.69, 9.17) is 4.99 Å². The number of hydrogen-bond donors (Lipinski definition) is 2. The molecule has 0 amide bonds. The second-order valence-corrected chi connectivity index (χ2v) is 9.01. The van der Waals surface area contributed by atoms with E-state index in [0.29, 0.717) is 17.8 Å². The van der Waals surface area contributed by atoms with Crippen LogP contribution < -0.4 is 10.6 Å². The lowest BCUT2D eigenvalue weighted by molar-refractivity contribution is 0.413. The zero-order valence-electron chi connectivity index (χ0n) is 16.4. The van der Waals surface area contributed by atoms with E-state index < -0.39 is 10.8 Å². The molecule has 3 atom stereocenters. The predicted octanol–water partition coefficient (Wildman–Crippen LogP) is 2.51. The van der Waals surface area contributed by atoms with Crippen LogP contribution in [0, 0.1) is 0 Å². The van der Waals surface area contributed by atoms with Gasteiger partial charge in [-0.25, -0.2) is 4.98 Å². The van der Waals surface area contributed by atoms with E-state index in [9.17, 15) is 4.21 Å². The molecule has 1 aliphatic rings. The molecule has 0 spiro atoms. The summed E-state index contributed by atoms with van der Waals surface area (Å²) in [5.41, 5.74) is 2.02. The van der Waals surface area contributed by atoms with Gasteiger partial charge in [0.1, 0.15) is 5.65 Å². The van der Waals surface area contributed by atoms with Crippen LogP contribution in [0.15, 0.2) is 35.6 Å². The highest BCUT2D eigenvalue weighted by molar-refractivity contribution is 7.85. The van der Waals surface area contributed by atoms with Gasteiger partial charge < -0.3 is 15.0 Å². The number of guanidine groups is 1. The maximum Gasteiger partial charge on any atom is 0.191 e. The van der Waals surface area contributed by atoms with Crippen molar-refractivity contribution in [3.05, 3.63) is 36.3 Å². The highest BCUT2D eigenvalue weighted by Crippen LogP contribution is 2.23. The normalized spacial score (nSPS) is 21.9. The summed E-state index contributed by atoms with van der Waals surface area (Å²) < 4.78 is 14.2. The molecular weight excluding hydrogens is 358 g/mol. The minimum Gasteiger partial charge on any atom is -0.357 e. The van der Waals surface area contributed by atoms with Crippen molar-refractivity contribution >= 4 is 22.4 Å². The predicted molar refractivity (Wildman–Crippen MR) is 113 cm³/mol. The molecule has 2 heterocycles. The van der Waals surface area contributed by atoms with Crippen molar-refractivity contribution in [2.45, 2.75) is 57.2 Å². The summed E-state index contributed by atoms with van der Waals surface area (Å²) in [5, 5.41) is 7.22. The molecule has 0 radical (unpaired) electrons. The Balaban J connectivity index is 1.56. The van der Waals surface area contributed by atoms with Crippen LogP contribution >= 0.6 is 0 Å². The number of pyridine rings is 1. The summed E-state index contributed by atoms with van der Waals surface area (Å²) in [7, 11) is -0.702. The van der Waals surface area contributed by atoms with E-state index in [1.807, 2.05) is 35.7 Å². The monoisotopic (exact) mass is 389 g/mol. The Morgan fingerprint density at radius 1 is 1.37 bits per heavy atom. The molecule has 1 aliphatic carbocycles. The fraction of sp³-hybridized carbons (Fsp3) is 0.600. The minimum absolute atomic E-state index is 0.321. The Bertz CT molecular complexity index is 755. The number of hydrogen-bond acceptors (Lipinski definition) is 3. The molecule has 148 valence electrons. The number of imidazole rings is 1. The zero-order chi connectivity index (χ0) is 19.1. The third-order valence-electron chi connectivity index (χ3n) is 5.02. The van der Waals surface area contributed by atoms with Crippen molar-refractivity contribution in [1.82, 2.24) is 20.0 Å². The molecule has 2 N–H and O–H groups in total. The van der Waals surface area contributed by atoms with Crippen LogP contribution in [0.5, 0.6) is 0 Å². The summed E-state index contributed by atoms with van der Waals surface area (Å²) >= 11 is 0. The van der Waals surface area contributed by atoms with E-state index in [1.165, 1.54) is 0 Å². The Kier molecular flexibility index (Phi) is 7.26. The molecule has 3 rings (SSSR count). The van der Waals surface area contributed by atoms with Gasteiger partial charge >= 0.3 is 0 Å². The summed E-state index contributed by atoms with van der Waals surface area (Å²) in [5.74, 6) is 1.61. The molecule has 6 nitrogen and oxygen atoms in total. The smallest absolute Gasteiger partial charge is 0.191 e. The van der Waals surface area contributed by atoms with Crippen molar-refractivity contribution in [3.8, 4) is 0 Å². The lowest BCUT2D eigenvalue weighted by atomic mass is 9.95. The number of nitrogens with zero attached hydrogens (tertiary/aromatic N) is 3. The average Bonchev–Trinajstić information content (AvgIpc) is 3.10. The summed E-state index contributed by atoms with van der Waals surface area (Å²) in [6.07, 6.45) is 9.20. The number of aromatic nitrogens is 2. The maximum absolute atomic E-state index is 12.2. The molecule has 1 fully saturated rings. The maximum atomic E-state index is 12.2. The van der Waals surface area contributed by atoms with Crippen molar-refractivity contribution in [2.75, 3.05) is 18.8 Å². The fourth-order valence-electron chi connectivity index (χ4n) is 3.65. The third kappa shape index (κ3) is 5.54. The Hall–Kier alpha value is -1.89. The van der Waals surface area contributed by atoms with Crippen LogP contribution in [0.3, 0.4) is 0 Å². The molecule has 0 aliphatic heterocycles. The first-order valence-corrected chi connectivity index (χ1v) is 11.4. The SMILES string of the molecule is CCNC(=NCCc1cn2ccccc2n1)NC1CCCC(S(=O)CC)C1. The van der Waals surface area contributed by atoms with Crippen LogP contribution in [0.25, 0.3) is 5.65 Å². The number of nitrogens with one attached hydrogen (secondary N) is 2. The van der Waals surface area contributed by atoms with E-state index >= 15 is 0 Å². The van der Waals surface area contributed by atoms with Gasteiger partial charge in [0.15, 0.2) is 5.96 Å². The fourth-order valence-corrected chi connectivity index (χ4v) is 5.00. The molecule has 0 aromatic carbocycles. The molecule has 1 saturated carbocycles. The van der Waals surface area contributed by atoms with Crippen molar-refractivity contribution in [3.63, 3.8) is 0 Å². The van der Waals surface area contributed by atoms with Gasteiger partial charge in [0.2, 0.25) is 0 Å². The Morgan fingerprint density at radius 3 is 3.04 bits per heavy atom. The van der Waals surface area contributed by atoms with Crippen molar-refractivity contribution in [1.29, 1.82) is 0 Å². The van der Waals surface area contributed by atoms with Crippen LogP contribution in [0.1, 0.15) is 45.2 Å². The standard InChI is InChI=1S/C20H31N5OS/c1-3-21-20(24-16-8-7-9-18(14-16)27(26)4-2)22-12-11-17-15-25-13-6-5-10-19(25)23-17/h5-6,10,13,15-16,18H,3-4,7-9,11-12,14H2,1-2H3,(H2,21,22,24). The van der Waals surface area contributed by atoms with Gasteiger partial charge in [-0.2, -0.15) is 0 Å². The molecule has 0 saturated heterocycles. The summed E-state index contributed by atoms with van der Waals surface area (Å²) in [4.78, 5) is 9.36. The van der Waals surface area contributed by atoms with Gasteiger partial charge in [-0.15, -0.1) is 0 Å². The third-order valence-corrected chi connectivity index (χ3v) is 6.76. The van der Waals surface area contributed by atoms with Crippen LogP contribution in [-0.4, -0.2) is 49.7 Å². The average molecular weight is 390 g/mol. The minimum atomic E-state index is -0.702. The largest absolute Gasteiger partial charge is 0.357 e. The van der Waals surface area contributed by atoms with E-state index in [2.05, 4.69) is 28.7 Å². The summed E-state index contributed by atoms with van der Waals surface area (Å²) in [6, 6.07) is 6.37. The van der Waals surface area contributed by atoms with E-state index in [1.54, 1.807) is 0 Å². The van der Waals surface area contributed by atoms with Gasteiger partial charge in [-0.05, 0) is 38.3 Å². The first-order chi connectivity index (χ1) is 13.2. The lowest BCUT2D eigenvalue weighted by Crippen LogP contribution is -2.46. The zero-order valence-corrected chi connectivity index (χ0v) is 17.2. The molecule has 7 heteroatoms. The second kappa shape index (κ2) is 9.88. The molecule has 2 aromatic rings. The summed E-state index contributed by atoms with van der Waals surface area (Å²) in [6.45, 7) is 5.61. The first-order valence-electron chi connectivity index (χ1n) is 10.0.